The van der Waals surface area contributed by atoms with Crippen LogP contribution < -0.4 is 10.5 Å². The van der Waals surface area contributed by atoms with Crippen molar-refractivity contribution in [1.82, 2.24) is 29.1 Å². The van der Waals surface area contributed by atoms with Crippen molar-refractivity contribution in [3.05, 3.63) is 44.7 Å². The first kappa shape index (κ1) is 26.9. The maximum atomic E-state index is 13.7. The summed E-state index contributed by atoms with van der Waals surface area (Å²) in [5, 5.41) is 11.6. The summed E-state index contributed by atoms with van der Waals surface area (Å²) in [6.45, 7) is 5.24. The SMILES string of the molecule is CC(C)(C)OC(=O)NS(=O)(=O)N1CCC(Cc2nonc2-c2noc(=O)n2-c2ccc(F)c(Br)c2)CC1. The van der Waals surface area contributed by atoms with Gasteiger partial charge in [-0.05, 0) is 85.2 Å². The number of ether oxygens (including phenoxy) is 1. The zero-order valence-electron chi connectivity index (χ0n) is 20.1. The predicted octanol–water partition coefficient (Wildman–Crippen LogP) is 2.80. The molecule has 37 heavy (non-hydrogen) atoms. The molecule has 16 heteroatoms. The molecule has 200 valence electrons. The van der Waals surface area contributed by atoms with Crippen LogP contribution in [0.5, 0.6) is 0 Å². The average molecular weight is 603 g/mol. The highest BCUT2D eigenvalue weighted by atomic mass is 79.9. The van der Waals surface area contributed by atoms with Crippen LogP contribution in [-0.4, -0.2) is 57.5 Å². The van der Waals surface area contributed by atoms with Crippen molar-refractivity contribution >= 4 is 32.2 Å². The number of aromatic nitrogens is 4. The summed E-state index contributed by atoms with van der Waals surface area (Å²) in [5.41, 5.74) is 0.0293. The first-order valence-electron chi connectivity index (χ1n) is 11.2. The lowest BCUT2D eigenvalue weighted by molar-refractivity contribution is 0.0566. The van der Waals surface area contributed by atoms with Gasteiger partial charge in [0.1, 0.15) is 17.1 Å². The topological polar surface area (TPSA) is 163 Å². The van der Waals surface area contributed by atoms with Crippen molar-refractivity contribution in [3.8, 4) is 17.2 Å². The summed E-state index contributed by atoms with van der Waals surface area (Å²) in [6.07, 6.45) is 0.260. The fraction of sp³-hybridized carbons (Fsp3) is 0.476. The summed E-state index contributed by atoms with van der Waals surface area (Å²) in [6, 6.07) is 3.97. The van der Waals surface area contributed by atoms with Crippen molar-refractivity contribution < 1.29 is 31.5 Å². The molecular formula is C21H24BrFN6O7S. The molecule has 1 aliphatic rings. The molecule has 0 spiro atoms. The fourth-order valence-electron chi connectivity index (χ4n) is 3.86. The molecule has 3 aromatic rings. The van der Waals surface area contributed by atoms with E-state index in [2.05, 4.69) is 31.4 Å². The number of amides is 1. The van der Waals surface area contributed by atoms with Crippen molar-refractivity contribution in [1.29, 1.82) is 0 Å². The van der Waals surface area contributed by atoms with E-state index in [1.54, 1.807) is 20.8 Å². The normalized spacial score (nSPS) is 15.6. The van der Waals surface area contributed by atoms with Crippen molar-refractivity contribution in [3.63, 3.8) is 0 Å². The average Bonchev–Trinajstić information content (AvgIpc) is 3.40. The van der Waals surface area contributed by atoms with E-state index in [1.807, 2.05) is 4.72 Å². The molecule has 13 nitrogen and oxygen atoms in total. The van der Waals surface area contributed by atoms with Gasteiger partial charge in [0, 0.05) is 13.1 Å². The van der Waals surface area contributed by atoms with Gasteiger partial charge < -0.3 is 4.74 Å². The molecular weight excluding hydrogens is 579 g/mol. The van der Waals surface area contributed by atoms with Crippen LogP contribution in [0.25, 0.3) is 17.2 Å². The van der Waals surface area contributed by atoms with Crippen LogP contribution in [0.3, 0.4) is 0 Å². The molecule has 0 saturated carbocycles. The summed E-state index contributed by atoms with van der Waals surface area (Å²) >= 11 is 3.09. The van der Waals surface area contributed by atoms with E-state index in [0.29, 0.717) is 30.6 Å². The van der Waals surface area contributed by atoms with E-state index in [4.69, 9.17) is 13.9 Å². The van der Waals surface area contributed by atoms with Crippen molar-refractivity contribution in [2.45, 2.75) is 45.6 Å². The number of halogens is 2. The van der Waals surface area contributed by atoms with Gasteiger partial charge in [0.2, 0.25) is 5.82 Å². The smallest absolute Gasteiger partial charge is 0.443 e. The second-order valence-corrected chi connectivity index (χ2v) is 11.9. The number of piperidine rings is 1. The molecule has 4 rings (SSSR count). The highest BCUT2D eigenvalue weighted by Crippen LogP contribution is 2.28. The second-order valence-electron chi connectivity index (χ2n) is 9.42. The Morgan fingerprint density at radius 3 is 2.59 bits per heavy atom. The molecule has 1 aliphatic heterocycles. The van der Waals surface area contributed by atoms with Gasteiger partial charge in [-0.2, -0.15) is 12.7 Å². The van der Waals surface area contributed by atoms with Gasteiger partial charge in [-0.1, -0.05) is 10.3 Å². The third-order valence-electron chi connectivity index (χ3n) is 5.54. The third kappa shape index (κ3) is 6.24. The summed E-state index contributed by atoms with van der Waals surface area (Å²) < 4.78 is 57.9. The monoisotopic (exact) mass is 602 g/mol. The zero-order chi connectivity index (χ0) is 27.0. The Labute approximate surface area is 219 Å². The van der Waals surface area contributed by atoms with Crippen molar-refractivity contribution in [2.24, 2.45) is 5.92 Å². The molecule has 2 aromatic heterocycles. The zero-order valence-corrected chi connectivity index (χ0v) is 22.5. The summed E-state index contributed by atoms with van der Waals surface area (Å²) in [7, 11) is -4.06. The minimum absolute atomic E-state index is 0.00525. The number of carbonyl (C=O) groups excluding carboxylic acids is 1. The Balaban J connectivity index is 1.45. The highest BCUT2D eigenvalue weighted by molar-refractivity contribution is 9.10. The van der Waals surface area contributed by atoms with Crippen LogP contribution in [0.4, 0.5) is 9.18 Å². The molecule has 1 aromatic carbocycles. The van der Waals surface area contributed by atoms with Gasteiger partial charge in [0.05, 0.1) is 10.2 Å². The maximum Gasteiger partial charge on any atom is 0.446 e. The van der Waals surface area contributed by atoms with Crippen LogP contribution >= 0.6 is 15.9 Å². The molecule has 0 unspecified atom stereocenters. The number of nitrogens with zero attached hydrogens (tertiary/aromatic N) is 5. The maximum absolute atomic E-state index is 13.7. The van der Waals surface area contributed by atoms with E-state index >= 15 is 0 Å². The van der Waals surface area contributed by atoms with E-state index in [1.165, 1.54) is 22.5 Å². The van der Waals surface area contributed by atoms with Gasteiger partial charge in [0.25, 0.3) is 0 Å². The lowest BCUT2D eigenvalue weighted by atomic mass is 9.92. The van der Waals surface area contributed by atoms with Crippen LogP contribution in [-0.2, 0) is 21.4 Å². The van der Waals surface area contributed by atoms with Crippen LogP contribution in [0.1, 0.15) is 39.3 Å². The van der Waals surface area contributed by atoms with Gasteiger partial charge in [-0.3, -0.25) is 4.52 Å². The number of hydrogen-bond donors (Lipinski definition) is 1. The number of benzene rings is 1. The van der Waals surface area contributed by atoms with E-state index in [-0.39, 0.29) is 35.0 Å². The first-order chi connectivity index (χ1) is 17.3. The third-order valence-corrected chi connectivity index (χ3v) is 7.62. The Kier molecular flexibility index (Phi) is 7.52. The Morgan fingerprint density at radius 1 is 1.24 bits per heavy atom. The number of hydrogen-bond acceptors (Lipinski definition) is 10. The van der Waals surface area contributed by atoms with E-state index < -0.39 is 33.5 Å². The standard InChI is InChI=1S/C21H24BrFN6O7S/c1-21(2,3)34-19(30)27-37(32,33)28-8-6-12(7-9-28)10-16-17(25-36-24-16)18-26-35-20(31)29(18)13-4-5-15(23)14(22)11-13/h4-5,11-12H,6-10H2,1-3H3,(H,27,30). The van der Waals surface area contributed by atoms with Crippen LogP contribution in [0, 0.1) is 11.7 Å². The second kappa shape index (κ2) is 10.3. The number of nitrogens with one attached hydrogen (secondary N) is 1. The number of rotatable bonds is 6. The Bertz CT molecular complexity index is 1450. The molecule has 1 amide bonds. The van der Waals surface area contributed by atoms with Gasteiger partial charge in [-0.25, -0.2) is 27.9 Å². The lowest BCUT2D eigenvalue weighted by Gasteiger charge is -2.31. The fourth-order valence-corrected chi connectivity index (χ4v) is 5.30. The minimum atomic E-state index is -4.06. The molecule has 0 aliphatic carbocycles. The molecule has 0 radical (unpaired) electrons. The predicted molar refractivity (Wildman–Crippen MR) is 129 cm³/mol. The largest absolute Gasteiger partial charge is 0.446 e. The Morgan fingerprint density at radius 2 is 1.95 bits per heavy atom. The summed E-state index contributed by atoms with van der Waals surface area (Å²) in [4.78, 5) is 24.3. The van der Waals surface area contributed by atoms with E-state index in [0.717, 1.165) is 4.57 Å². The van der Waals surface area contributed by atoms with Crippen molar-refractivity contribution in [2.75, 3.05) is 13.1 Å². The van der Waals surface area contributed by atoms with Crippen LogP contribution in [0.2, 0.25) is 0 Å². The molecule has 1 N–H and O–H groups in total. The molecule has 3 heterocycles. The molecule has 1 fully saturated rings. The quantitative estimate of drug-likeness (QED) is 0.443. The molecule has 0 bridgehead atoms. The van der Waals surface area contributed by atoms with Gasteiger partial charge in [0.15, 0.2) is 5.69 Å². The van der Waals surface area contributed by atoms with E-state index in [9.17, 15) is 22.4 Å². The van der Waals surface area contributed by atoms with Gasteiger partial charge >= 0.3 is 22.1 Å². The highest BCUT2D eigenvalue weighted by Gasteiger charge is 2.32. The first-order valence-corrected chi connectivity index (χ1v) is 13.4. The Hall–Kier alpha value is -3.11. The minimum Gasteiger partial charge on any atom is -0.443 e. The molecule has 0 atom stereocenters. The summed E-state index contributed by atoms with van der Waals surface area (Å²) in [5.74, 6) is -1.28. The number of carbonyl (C=O) groups is 1. The molecule has 1 saturated heterocycles. The lowest BCUT2D eigenvalue weighted by Crippen LogP contribution is -2.48. The van der Waals surface area contributed by atoms with Crippen LogP contribution in [0.15, 0.2) is 36.6 Å². The van der Waals surface area contributed by atoms with Gasteiger partial charge in [-0.15, -0.1) is 0 Å².